The minimum Gasteiger partial charge on any atom is -0.342 e. The van der Waals surface area contributed by atoms with Crippen LogP contribution in [0.15, 0.2) is 0 Å². The van der Waals surface area contributed by atoms with Crippen molar-refractivity contribution in [3.05, 3.63) is 0 Å². The van der Waals surface area contributed by atoms with Crippen molar-refractivity contribution in [2.45, 2.75) is 45.6 Å². The molecule has 1 saturated heterocycles. The van der Waals surface area contributed by atoms with Crippen molar-refractivity contribution < 1.29 is 4.79 Å². The van der Waals surface area contributed by atoms with Gasteiger partial charge in [0.15, 0.2) is 0 Å². The molecule has 100 valence electrons. The zero-order valence-corrected chi connectivity index (χ0v) is 11.7. The molecule has 1 heterocycles. The molecule has 4 unspecified atom stereocenters. The molecular weight excluding hydrogens is 236 g/mol. The number of amides is 1. The van der Waals surface area contributed by atoms with E-state index in [9.17, 15) is 4.79 Å². The highest BCUT2D eigenvalue weighted by molar-refractivity contribution is 5.85. The van der Waals surface area contributed by atoms with Gasteiger partial charge in [-0.25, -0.2) is 0 Å². The molecule has 0 aromatic heterocycles. The van der Waals surface area contributed by atoms with E-state index in [2.05, 4.69) is 18.7 Å². The van der Waals surface area contributed by atoms with E-state index in [1.54, 1.807) is 0 Å². The third-order valence-corrected chi connectivity index (χ3v) is 4.47. The Morgan fingerprint density at radius 2 is 1.88 bits per heavy atom. The topological polar surface area (TPSA) is 46.3 Å². The smallest absolute Gasteiger partial charge is 0.225 e. The Hall–Kier alpha value is -0.280. The van der Waals surface area contributed by atoms with Gasteiger partial charge in [-0.15, -0.1) is 12.4 Å². The van der Waals surface area contributed by atoms with Gasteiger partial charge >= 0.3 is 0 Å². The maximum atomic E-state index is 12.3. The number of nitrogens with two attached hydrogens (primary N) is 1. The number of halogens is 1. The van der Waals surface area contributed by atoms with Crippen LogP contribution in [0.25, 0.3) is 0 Å². The molecule has 1 amide bonds. The normalized spacial score (nSPS) is 37.7. The second kappa shape index (κ2) is 6.05. The number of carbonyl (C=O) groups is 1. The van der Waals surface area contributed by atoms with Crippen LogP contribution in [0.3, 0.4) is 0 Å². The molecule has 4 heteroatoms. The summed E-state index contributed by atoms with van der Waals surface area (Å²) in [4.78, 5) is 14.3. The molecule has 1 aliphatic heterocycles. The molecule has 0 spiro atoms. The fraction of sp³-hybridized carbons (Fsp3) is 0.923. The lowest BCUT2D eigenvalue weighted by Gasteiger charge is -2.36. The largest absolute Gasteiger partial charge is 0.342 e. The van der Waals surface area contributed by atoms with E-state index in [4.69, 9.17) is 5.73 Å². The van der Waals surface area contributed by atoms with Crippen LogP contribution in [0.1, 0.15) is 39.5 Å². The highest BCUT2D eigenvalue weighted by atomic mass is 35.5. The number of hydrogen-bond donors (Lipinski definition) is 1. The van der Waals surface area contributed by atoms with Crippen LogP contribution >= 0.6 is 12.4 Å². The highest BCUT2D eigenvalue weighted by Crippen LogP contribution is 2.29. The highest BCUT2D eigenvalue weighted by Gasteiger charge is 2.33. The van der Waals surface area contributed by atoms with Crippen molar-refractivity contribution in [1.82, 2.24) is 4.90 Å². The van der Waals surface area contributed by atoms with E-state index in [0.29, 0.717) is 11.8 Å². The first-order valence-electron chi connectivity index (χ1n) is 6.62. The molecule has 4 atom stereocenters. The SMILES string of the molecule is CC1CCN(C(=O)C2CCC(N)C2)CC1C.Cl. The first kappa shape index (κ1) is 14.8. The van der Waals surface area contributed by atoms with E-state index in [0.717, 1.165) is 44.7 Å². The maximum absolute atomic E-state index is 12.3. The van der Waals surface area contributed by atoms with Gasteiger partial charge in [-0.1, -0.05) is 13.8 Å². The minimum atomic E-state index is 0. The quantitative estimate of drug-likeness (QED) is 0.784. The lowest BCUT2D eigenvalue weighted by molar-refractivity contribution is -0.137. The second-order valence-corrected chi connectivity index (χ2v) is 5.80. The standard InChI is InChI=1S/C13H24N2O.ClH/c1-9-5-6-15(8-10(9)2)13(16)11-3-4-12(14)7-11;/h9-12H,3-8,14H2,1-2H3;1H. The van der Waals surface area contributed by atoms with E-state index in [1.807, 2.05) is 0 Å². The molecule has 0 aromatic rings. The summed E-state index contributed by atoms with van der Waals surface area (Å²) in [5.74, 6) is 1.99. The summed E-state index contributed by atoms with van der Waals surface area (Å²) in [5, 5.41) is 0. The molecule has 2 rings (SSSR count). The van der Waals surface area contributed by atoms with Crippen LogP contribution in [0.5, 0.6) is 0 Å². The van der Waals surface area contributed by atoms with Gasteiger partial charge in [-0.3, -0.25) is 4.79 Å². The molecule has 1 aliphatic carbocycles. The molecule has 2 N–H and O–H groups in total. The fourth-order valence-corrected chi connectivity index (χ4v) is 2.96. The Morgan fingerprint density at radius 1 is 1.18 bits per heavy atom. The average Bonchev–Trinajstić information content (AvgIpc) is 2.68. The van der Waals surface area contributed by atoms with Gasteiger partial charge in [-0.2, -0.15) is 0 Å². The third kappa shape index (κ3) is 3.35. The van der Waals surface area contributed by atoms with Crippen LogP contribution in [0.4, 0.5) is 0 Å². The fourth-order valence-electron chi connectivity index (χ4n) is 2.96. The molecule has 17 heavy (non-hydrogen) atoms. The number of rotatable bonds is 1. The van der Waals surface area contributed by atoms with Gasteiger partial charge < -0.3 is 10.6 Å². The summed E-state index contributed by atoms with van der Waals surface area (Å²) in [5.41, 5.74) is 5.87. The van der Waals surface area contributed by atoms with Gasteiger partial charge in [0.05, 0.1) is 0 Å². The Labute approximate surface area is 111 Å². The van der Waals surface area contributed by atoms with Crippen molar-refractivity contribution in [2.24, 2.45) is 23.5 Å². The molecule has 2 fully saturated rings. The van der Waals surface area contributed by atoms with E-state index >= 15 is 0 Å². The summed E-state index contributed by atoms with van der Waals surface area (Å²) < 4.78 is 0. The zero-order chi connectivity index (χ0) is 11.7. The molecule has 0 radical (unpaired) electrons. The number of hydrogen-bond acceptors (Lipinski definition) is 2. The molecule has 1 saturated carbocycles. The van der Waals surface area contributed by atoms with E-state index in [1.165, 1.54) is 0 Å². The third-order valence-electron chi connectivity index (χ3n) is 4.47. The second-order valence-electron chi connectivity index (χ2n) is 5.80. The summed E-state index contributed by atoms with van der Waals surface area (Å²) in [6.45, 7) is 6.45. The number of piperidine rings is 1. The Bertz CT molecular complexity index is 272. The first-order valence-corrected chi connectivity index (χ1v) is 6.62. The number of likely N-dealkylation sites (tertiary alicyclic amines) is 1. The summed E-state index contributed by atoms with van der Waals surface area (Å²) >= 11 is 0. The molecule has 2 aliphatic rings. The summed E-state index contributed by atoms with van der Waals surface area (Å²) in [6, 6.07) is 0.259. The van der Waals surface area contributed by atoms with Crippen LogP contribution in [-0.2, 0) is 4.79 Å². The van der Waals surface area contributed by atoms with Crippen molar-refractivity contribution >= 4 is 18.3 Å². The maximum Gasteiger partial charge on any atom is 0.225 e. The minimum absolute atomic E-state index is 0. The number of carbonyl (C=O) groups excluding carboxylic acids is 1. The van der Waals surface area contributed by atoms with Gasteiger partial charge in [-0.05, 0) is 37.5 Å². The first-order chi connectivity index (χ1) is 7.58. The van der Waals surface area contributed by atoms with E-state index in [-0.39, 0.29) is 24.4 Å². The van der Waals surface area contributed by atoms with Gasteiger partial charge in [0.25, 0.3) is 0 Å². The van der Waals surface area contributed by atoms with Crippen LogP contribution in [-0.4, -0.2) is 29.9 Å². The lowest BCUT2D eigenvalue weighted by Crippen LogP contribution is -2.44. The van der Waals surface area contributed by atoms with Crippen molar-refractivity contribution in [3.63, 3.8) is 0 Å². The van der Waals surface area contributed by atoms with Crippen molar-refractivity contribution in [1.29, 1.82) is 0 Å². The van der Waals surface area contributed by atoms with Crippen LogP contribution in [0, 0.1) is 17.8 Å². The van der Waals surface area contributed by atoms with Crippen LogP contribution < -0.4 is 5.73 Å². The Morgan fingerprint density at radius 3 is 2.41 bits per heavy atom. The predicted molar refractivity (Wildman–Crippen MR) is 72.1 cm³/mol. The predicted octanol–water partition coefficient (Wildman–Crippen LogP) is 2.04. The average molecular weight is 261 g/mol. The Balaban J connectivity index is 0.00000144. The molecule has 0 bridgehead atoms. The zero-order valence-electron chi connectivity index (χ0n) is 10.9. The van der Waals surface area contributed by atoms with Gasteiger partial charge in [0.2, 0.25) is 5.91 Å². The Kier molecular flexibility index (Phi) is 5.26. The van der Waals surface area contributed by atoms with Crippen molar-refractivity contribution in [3.8, 4) is 0 Å². The summed E-state index contributed by atoms with van der Waals surface area (Å²) in [6.07, 6.45) is 4.08. The monoisotopic (exact) mass is 260 g/mol. The van der Waals surface area contributed by atoms with Crippen molar-refractivity contribution in [2.75, 3.05) is 13.1 Å². The summed E-state index contributed by atoms with van der Waals surface area (Å²) in [7, 11) is 0. The number of nitrogens with zero attached hydrogens (tertiary/aromatic N) is 1. The van der Waals surface area contributed by atoms with Gasteiger partial charge in [0.1, 0.15) is 0 Å². The lowest BCUT2D eigenvalue weighted by atomic mass is 9.88. The van der Waals surface area contributed by atoms with E-state index < -0.39 is 0 Å². The molecule has 3 nitrogen and oxygen atoms in total. The van der Waals surface area contributed by atoms with Crippen LogP contribution in [0.2, 0.25) is 0 Å². The van der Waals surface area contributed by atoms with Gasteiger partial charge in [0, 0.05) is 25.0 Å². The molecule has 0 aromatic carbocycles. The molecular formula is C13H25ClN2O.